The molecule has 1 atom stereocenters. The van der Waals surface area contributed by atoms with Gasteiger partial charge in [0.1, 0.15) is 5.25 Å². The molecule has 1 heterocycles. The van der Waals surface area contributed by atoms with E-state index < -0.39 is 20.3 Å². The normalized spacial score (nSPS) is 16.3. The predicted octanol–water partition coefficient (Wildman–Crippen LogP) is 2.97. The molecule has 1 fully saturated rings. The molecule has 1 aliphatic heterocycles. The summed E-state index contributed by atoms with van der Waals surface area (Å²) >= 11 is 0. The van der Waals surface area contributed by atoms with Gasteiger partial charge >= 0.3 is 0 Å². The Bertz CT molecular complexity index is 890. The van der Waals surface area contributed by atoms with E-state index in [2.05, 4.69) is 0 Å². The Kier molecular flexibility index (Phi) is 4.49. The van der Waals surface area contributed by atoms with E-state index in [0.717, 1.165) is 11.3 Å². The van der Waals surface area contributed by atoms with Crippen LogP contribution < -0.4 is 4.90 Å². The zero-order valence-electron chi connectivity index (χ0n) is 13.6. The number of rotatable bonds is 5. The third-order valence-corrected chi connectivity index (χ3v) is 5.86. The van der Waals surface area contributed by atoms with Crippen LogP contribution in [0.25, 0.3) is 0 Å². The second-order valence-corrected chi connectivity index (χ2v) is 7.77. The molecule has 1 saturated heterocycles. The van der Waals surface area contributed by atoms with Gasteiger partial charge in [-0.05, 0) is 30.2 Å². The van der Waals surface area contributed by atoms with Crippen LogP contribution in [0.4, 0.5) is 11.4 Å². The van der Waals surface area contributed by atoms with Crippen LogP contribution in [-0.4, -0.2) is 31.0 Å². The number of non-ortho nitro benzene ring substituents is 1. The third kappa shape index (κ3) is 3.49. The molecule has 0 radical (unpaired) electrons. The van der Waals surface area contributed by atoms with Crippen molar-refractivity contribution in [2.24, 2.45) is 5.92 Å². The minimum absolute atomic E-state index is 0.0107. The summed E-state index contributed by atoms with van der Waals surface area (Å²) in [5.41, 5.74) is 2.23. The number of nitro benzene ring substituents is 1. The first kappa shape index (κ1) is 17.4. The molecule has 25 heavy (non-hydrogen) atoms. The van der Waals surface area contributed by atoms with Crippen molar-refractivity contribution in [1.82, 2.24) is 0 Å². The molecule has 3 rings (SSSR count). The Morgan fingerprint density at radius 2 is 1.76 bits per heavy atom. The van der Waals surface area contributed by atoms with Crippen molar-refractivity contribution in [3.63, 3.8) is 0 Å². The van der Waals surface area contributed by atoms with E-state index in [1.807, 2.05) is 24.0 Å². The summed E-state index contributed by atoms with van der Waals surface area (Å²) in [7, 11) is -4.24. The SMILES string of the molecule is Cc1ccccc1C(C1CN(c2ccc([N+](=O)[O-])cc2)C1)S(=O)(=O)O. The fourth-order valence-corrected chi connectivity index (χ4v) is 4.51. The topological polar surface area (TPSA) is 101 Å². The number of hydrogen-bond acceptors (Lipinski definition) is 5. The standard InChI is InChI=1S/C17H18N2O5S/c1-12-4-2-3-5-16(12)17(25(22,23)24)13-10-18(11-13)14-6-8-15(9-7-14)19(20)21/h2-9,13,17H,10-11H2,1H3,(H,22,23,24). The number of anilines is 1. The van der Waals surface area contributed by atoms with Gasteiger partial charge in [0, 0.05) is 36.8 Å². The minimum Gasteiger partial charge on any atom is -0.371 e. The summed E-state index contributed by atoms with van der Waals surface area (Å²) in [6.45, 7) is 2.73. The van der Waals surface area contributed by atoms with Crippen molar-refractivity contribution < 1.29 is 17.9 Å². The largest absolute Gasteiger partial charge is 0.371 e. The van der Waals surface area contributed by atoms with Gasteiger partial charge in [0.2, 0.25) is 0 Å². The van der Waals surface area contributed by atoms with E-state index in [9.17, 15) is 23.1 Å². The minimum atomic E-state index is -4.24. The van der Waals surface area contributed by atoms with E-state index in [1.54, 1.807) is 24.3 Å². The first-order valence-corrected chi connectivity index (χ1v) is 9.29. The summed E-state index contributed by atoms with van der Waals surface area (Å²) in [5.74, 6) is -0.244. The maximum atomic E-state index is 11.9. The fraction of sp³-hybridized carbons (Fsp3) is 0.294. The van der Waals surface area contributed by atoms with Crippen LogP contribution in [0.15, 0.2) is 48.5 Å². The lowest BCUT2D eigenvalue weighted by molar-refractivity contribution is -0.384. The highest BCUT2D eigenvalue weighted by atomic mass is 32.2. The van der Waals surface area contributed by atoms with E-state index in [1.165, 1.54) is 12.1 Å². The van der Waals surface area contributed by atoms with Crippen LogP contribution in [0.5, 0.6) is 0 Å². The first-order valence-electron chi connectivity index (χ1n) is 7.78. The van der Waals surface area contributed by atoms with Crippen LogP contribution in [0.3, 0.4) is 0 Å². The molecular weight excluding hydrogens is 344 g/mol. The molecule has 0 bridgehead atoms. The molecular formula is C17H18N2O5S. The summed E-state index contributed by atoms with van der Waals surface area (Å²) in [6.07, 6.45) is 0. The van der Waals surface area contributed by atoms with Crippen molar-refractivity contribution >= 4 is 21.5 Å². The molecule has 0 amide bonds. The van der Waals surface area contributed by atoms with Gasteiger partial charge in [-0.1, -0.05) is 24.3 Å². The van der Waals surface area contributed by atoms with Crippen molar-refractivity contribution in [1.29, 1.82) is 0 Å². The molecule has 1 N–H and O–H groups in total. The highest BCUT2D eigenvalue weighted by Crippen LogP contribution is 2.39. The van der Waals surface area contributed by atoms with Gasteiger partial charge < -0.3 is 4.90 Å². The number of nitrogens with zero attached hydrogens (tertiary/aromatic N) is 2. The number of nitro groups is 1. The number of benzene rings is 2. The smallest absolute Gasteiger partial charge is 0.272 e. The van der Waals surface area contributed by atoms with Crippen LogP contribution in [0, 0.1) is 23.0 Å². The Labute approximate surface area is 145 Å². The summed E-state index contributed by atoms with van der Waals surface area (Å²) in [5, 5.41) is 9.73. The highest BCUT2D eigenvalue weighted by molar-refractivity contribution is 7.86. The Morgan fingerprint density at radius 3 is 2.28 bits per heavy atom. The van der Waals surface area contributed by atoms with Gasteiger partial charge in [0.05, 0.1) is 4.92 Å². The van der Waals surface area contributed by atoms with Crippen LogP contribution in [-0.2, 0) is 10.1 Å². The molecule has 1 unspecified atom stereocenters. The van der Waals surface area contributed by atoms with E-state index in [-0.39, 0.29) is 11.6 Å². The number of aryl methyl sites for hydroxylation is 1. The van der Waals surface area contributed by atoms with Crippen LogP contribution in [0.1, 0.15) is 16.4 Å². The lowest BCUT2D eigenvalue weighted by atomic mass is 9.89. The molecule has 0 spiro atoms. The number of hydrogen-bond donors (Lipinski definition) is 1. The maximum absolute atomic E-state index is 11.9. The van der Waals surface area contributed by atoms with Gasteiger partial charge in [-0.15, -0.1) is 0 Å². The molecule has 0 aliphatic carbocycles. The molecule has 132 valence electrons. The van der Waals surface area contributed by atoms with Crippen LogP contribution >= 0.6 is 0 Å². The van der Waals surface area contributed by atoms with E-state index in [4.69, 9.17) is 0 Å². The fourth-order valence-electron chi connectivity index (χ4n) is 3.26. The molecule has 1 aliphatic rings. The van der Waals surface area contributed by atoms with Crippen molar-refractivity contribution in [3.8, 4) is 0 Å². The van der Waals surface area contributed by atoms with Gasteiger partial charge in [-0.2, -0.15) is 8.42 Å². The maximum Gasteiger partial charge on any atom is 0.272 e. The molecule has 7 nitrogen and oxygen atoms in total. The Morgan fingerprint density at radius 1 is 1.16 bits per heavy atom. The van der Waals surface area contributed by atoms with Crippen molar-refractivity contribution in [2.75, 3.05) is 18.0 Å². The van der Waals surface area contributed by atoms with Gasteiger partial charge in [-0.25, -0.2) is 0 Å². The third-order valence-electron chi connectivity index (χ3n) is 4.58. The zero-order valence-corrected chi connectivity index (χ0v) is 14.4. The molecule has 0 aromatic heterocycles. The summed E-state index contributed by atoms with van der Waals surface area (Å²) < 4.78 is 33.6. The first-order chi connectivity index (χ1) is 11.8. The zero-order chi connectivity index (χ0) is 18.2. The quantitative estimate of drug-likeness (QED) is 0.498. The highest BCUT2D eigenvalue weighted by Gasteiger charge is 2.41. The van der Waals surface area contributed by atoms with Crippen molar-refractivity contribution in [3.05, 3.63) is 69.8 Å². The average molecular weight is 362 g/mol. The molecule has 2 aromatic carbocycles. The average Bonchev–Trinajstić information content (AvgIpc) is 2.50. The lowest BCUT2D eigenvalue weighted by Crippen LogP contribution is -2.51. The second-order valence-electron chi connectivity index (χ2n) is 6.23. The van der Waals surface area contributed by atoms with Gasteiger partial charge in [0.25, 0.3) is 15.8 Å². The van der Waals surface area contributed by atoms with Gasteiger partial charge in [-0.3, -0.25) is 14.7 Å². The second kappa shape index (κ2) is 6.45. The molecule has 2 aromatic rings. The van der Waals surface area contributed by atoms with E-state index in [0.29, 0.717) is 18.7 Å². The summed E-state index contributed by atoms with van der Waals surface area (Å²) in [6, 6.07) is 13.3. The van der Waals surface area contributed by atoms with E-state index >= 15 is 0 Å². The lowest BCUT2D eigenvalue weighted by Gasteiger charge is -2.44. The monoisotopic (exact) mass is 362 g/mol. The molecule has 8 heteroatoms. The Hall–Kier alpha value is -2.45. The van der Waals surface area contributed by atoms with Crippen molar-refractivity contribution in [2.45, 2.75) is 12.2 Å². The van der Waals surface area contributed by atoms with Gasteiger partial charge in [0.15, 0.2) is 0 Å². The Balaban J connectivity index is 1.79. The predicted molar refractivity (Wildman–Crippen MR) is 94.3 cm³/mol. The summed E-state index contributed by atoms with van der Waals surface area (Å²) in [4.78, 5) is 12.2. The van der Waals surface area contributed by atoms with Crippen LogP contribution in [0.2, 0.25) is 0 Å². The molecule has 0 saturated carbocycles.